The Kier molecular flexibility index (Phi) is 7.40. The number of methoxy groups -OCH3 is 4. The molecule has 130 valence electrons. The highest BCUT2D eigenvalue weighted by Gasteiger charge is 2.12. The minimum absolute atomic E-state index is 0.555. The Labute approximate surface area is 144 Å². The minimum atomic E-state index is 0.555. The summed E-state index contributed by atoms with van der Waals surface area (Å²) in [7, 11) is 6.83. The highest BCUT2D eigenvalue weighted by molar-refractivity contribution is 5.71. The van der Waals surface area contributed by atoms with Gasteiger partial charge in [0.15, 0.2) is 0 Å². The second-order valence-corrected chi connectivity index (χ2v) is 5.72. The molecule has 2 aromatic rings. The number of rotatable bonds is 9. The molecule has 0 fully saturated rings. The van der Waals surface area contributed by atoms with Gasteiger partial charge in [-0.25, -0.2) is 0 Å². The van der Waals surface area contributed by atoms with Crippen molar-refractivity contribution in [3.8, 4) is 11.1 Å². The minimum Gasteiger partial charge on any atom is -0.380 e. The Morgan fingerprint density at radius 3 is 1.25 bits per heavy atom. The predicted molar refractivity (Wildman–Crippen MR) is 94.7 cm³/mol. The van der Waals surface area contributed by atoms with Crippen LogP contribution in [0.4, 0.5) is 0 Å². The van der Waals surface area contributed by atoms with Gasteiger partial charge in [-0.2, -0.15) is 0 Å². The molecule has 4 nitrogen and oxygen atoms in total. The quantitative estimate of drug-likeness (QED) is 0.698. The van der Waals surface area contributed by atoms with E-state index in [1.807, 2.05) is 0 Å². The van der Waals surface area contributed by atoms with Crippen LogP contribution in [0.15, 0.2) is 36.4 Å². The monoisotopic (exact) mass is 330 g/mol. The largest absolute Gasteiger partial charge is 0.380 e. The van der Waals surface area contributed by atoms with Gasteiger partial charge in [0.05, 0.1) is 26.4 Å². The van der Waals surface area contributed by atoms with Crippen molar-refractivity contribution in [2.75, 3.05) is 28.4 Å². The fraction of sp³-hybridized carbons (Fsp3) is 0.400. The van der Waals surface area contributed by atoms with E-state index in [-0.39, 0.29) is 0 Å². The van der Waals surface area contributed by atoms with Crippen LogP contribution in [-0.4, -0.2) is 28.4 Å². The lowest BCUT2D eigenvalue weighted by molar-refractivity contribution is 0.179. The maximum absolute atomic E-state index is 5.39. The highest BCUT2D eigenvalue weighted by atomic mass is 16.5. The average Bonchev–Trinajstić information content (AvgIpc) is 2.57. The molecule has 0 aliphatic rings. The summed E-state index contributed by atoms with van der Waals surface area (Å²) in [4.78, 5) is 0. The van der Waals surface area contributed by atoms with Crippen molar-refractivity contribution in [2.45, 2.75) is 26.4 Å². The van der Waals surface area contributed by atoms with Gasteiger partial charge in [-0.1, -0.05) is 36.4 Å². The van der Waals surface area contributed by atoms with E-state index in [0.29, 0.717) is 26.4 Å². The Bertz CT molecular complexity index is 595. The van der Waals surface area contributed by atoms with Crippen LogP contribution in [0.1, 0.15) is 22.3 Å². The van der Waals surface area contributed by atoms with Crippen molar-refractivity contribution in [1.29, 1.82) is 0 Å². The lowest BCUT2D eigenvalue weighted by atomic mass is 9.93. The van der Waals surface area contributed by atoms with Gasteiger partial charge in [-0.3, -0.25) is 0 Å². The Morgan fingerprint density at radius 2 is 0.917 bits per heavy atom. The third-order valence-electron chi connectivity index (χ3n) is 3.85. The van der Waals surface area contributed by atoms with Crippen LogP contribution >= 0.6 is 0 Å². The summed E-state index contributed by atoms with van der Waals surface area (Å²) in [5.74, 6) is 0. The Balaban J connectivity index is 2.48. The summed E-state index contributed by atoms with van der Waals surface area (Å²) in [5, 5.41) is 0. The number of hydrogen-bond acceptors (Lipinski definition) is 4. The van der Waals surface area contributed by atoms with Gasteiger partial charge in [0.1, 0.15) is 0 Å². The third-order valence-corrected chi connectivity index (χ3v) is 3.85. The van der Waals surface area contributed by atoms with Gasteiger partial charge < -0.3 is 18.9 Å². The summed E-state index contributed by atoms with van der Waals surface area (Å²) in [6, 6.07) is 12.7. The molecular formula is C20H26O4. The standard InChI is InChI=1S/C20H26O4/c1-21-11-15-5-7-19(17(9-15)13-23-3)20-8-6-16(12-22-2)10-18(20)14-24-4/h5-10H,11-14H2,1-4H3. The van der Waals surface area contributed by atoms with Gasteiger partial charge in [0.25, 0.3) is 0 Å². The SMILES string of the molecule is COCc1ccc(-c2ccc(COC)cc2COC)c(COC)c1. The van der Waals surface area contributed by atoms with E-state index in [1.165, 1.54) is 0 Å². The molecule has 0 aliphatic heterocycles. The van der Waals surface area contributed by atoms with Gasteiger partial charge in [-0.15, -0.1) is 0 Å². The van der Waals surface area contributed by atoms with E-state index in [1.54, 1.807) is 28.4 Å². The summed E-state index contributed by atoms with van der Waals surface area (Å²) in [6.45, 7) is 2.29. The first kappa shape index (κ1) is 18.6. The average molecular weight is 330 g/mol. The molecule has 0 saturated heterocycles. The van der Waals surface area contributed by atoms with Gasteiger partial charge in [0, 0.05) is 28.4 Å². The van der Waals surface area contributed by atoms with Crippen molar-refractivity contribution in [1.82, 2.24) is 0 Å². The van der Waals surface area contributed by atoms with Crippen LogP contribution in [0.2, 0.25) is 0 Å². The smallest absolute Gasteiger partial charge is 0.0719 e. The molecule has 2 aromatic carbocycles. The second kappa shape index (κ2) is 9.55. The van der Waals surface area contributed by atoms with E-state index in [4.69, 9.17) is 18.9 Å². The first-order valence-electron chi connectivity index (χ1n) is 7.93. The molecule has 0 saturated carbocycles. The molecule has 0 heterocycles. The van der Waals surface area contributed by atoms with Crippen molar-refractivity contribution >= 4 is 0 Å². The van der Waals surface area contributed by atoms with Gasteiger partial charge in [0.2, 0.25) is 0 Å². The van der Waals surface area contributed by atoms with E-state index in [2.05, 4.69) is 36.4 Å². The number of hydrogen-bond donors (Lipinski definition) is 0. The number of benzene rings is 2. The highest BCUT2D eigenvalue weighted by Crippen LogP contribution is 2.30. The second-order valence-electron chi connectivity index (χ2n) is 5.72. The molecule has 0 spiro atoms. The molecule has 0 radical (unpaired) electrons. The van der Waals surface area contributed by atoms with Crippen molar-refractivity contribution in [3.05, 3.63) is 58.7 Å². The van der Waals surface area contributed by atoms with Crippen molar-refractivity contribution < 1.29 is 18.9 Å². The zero-order valence-corrected chi connectivity index (χ0v) is 14.9. The van der Waals surface area contributed by atoms with Crippen molar-refractivity contribution in [2.24, 2.45) is 0 Å². The van der Waals surface area contributed by atoms with Crippen LogP contribution in [-0.2, 0) is 45.4 Å². The van der Waals surface area contributed by atoms with Crippen LogP contribution in [0, 0.1) is 0 Å². The van der Waals surface area contributed by atoms with Crippen LogP contribution < -0.4 is 0 Å². The predicted octanol–water partition coefficient (Wildman–Crippen LogP) is 3.94. The van der Waals surface area contributed by atoms with Gasteiger partial charge >= 0.3 is 0 Å². The Hall–Kier alpha value is -1.72. The summed E-state index contributed by atoms with van der Waals surface area (Å²) < 4.78 is 21.3. The molecule has 0 aliphatic carbocycles. The Morgan fingerprint density at radius 1 is 0.542 bits per heavy atom. The van der Waals surface area contributed by atoms with E-state index >= 15 is 0 Å². The molecule has 24 heavy (non-hydrogen) atoms. The first-order valence-corrected chi connectivity index (χ1v) is 7.93. The molecule has 0 aromatic heterocycles. The third kappa shape index (κ3) is 4.65. The molecule has 0 atom stereocenters. The number of ether oxygens (including phenoxy) is 4. The molecule has 0 unspecified atom stereocenters. The summed E-state index contributed by atoms with van der Waals surface area (Å²) in [5.41, 5.74) is 6.88. The van der Waals surface area contributed by atoms with E-state index < -0.39 is 0 Å². The normalized spacial score (nSPS) is 11.0. The van der Waals surface area contributed by atoms with Crippen molar-refractivity contribution in [3.63, 3.8) is 0 Å². The zero-order valence-electron chi connectivity index (χ0n) is 14.9. The fourth-order valence-electron chi connectivity index (χ4n) is 2.88. The molecule has 0 bridgehead atoms. The first-order chi connectivity index (χ1) is 11.7. The topological polar surface area (TPSA) is 36.9 Å². The molecule has 0 N–H and O–H groups in total. The van der Waals surface area contributed by atoms with E-state index in [0.717, 1.165) is 33.4 Å². The van der Waals surface area contributed by atoms with Gasteiger partial charge in [-0.05, 0) is 33.4 Å². The lowest BCUT2D eigenvalue weighted by Crippen LogP contribution is -2.00. The maximum Gasteiger partial charge on any atom is 0.0719 e. The van der Waals surface area contributed by atoms with Crippen LogP contribution in [0.25, 0.3) is 11.1 Å². The molecule has 0 amide bonds. The zero-order chi connectivity index (χ0) is 17.4. The lowest BCUT2D eigenvalue weighted by Gasteiger charge is -2.16. The van der Waals surface area contributed by atoms with E-state index in [9.17, 15) is 0 Å². The van der Waals surface area contributed by atoms with Crippen LogP contribution in [0.5, 0.6) is 0 Å². The van der Waals surface area contributed by atoms with Crippen LogP contribution in [0.3, 0.4) is 0 Å². The summed E-state index contributed by atoms with van der Waals surface area (Å²) >= 11 is 0. The molecular weight excluding hydrogens is 304 g/mol. The fourth-order valence-corrected chi connectivity index (χ4v) is 2.88. The maximum atomic E-state index is 5.39. The molecule has 4 heteroatoms. The molecule has 2 rings (SSSR count). The summed E-state index contributed by atoms with van der Waals surface area (Å²) in [6.07, 6.45) is 0.